The molecule has 26 heavy (non-hydrogen) atoms. The average molecular weight is 351 g/mol. The van der Waals surface area contributed by atoms with Crippen LogP contribution in [-0.2, 0) is 4.79 Å². The summed E-state index contributed by atoms with van der Waals surface area (Å²) >= 11 is 0. The van der Waals surface area contributed by atoms with E-state index in [1.54, 1.807) is 0 Å². The summed E-state index contributed by atoms with van der Waals surface area (Å²) in [5.41, 5.74) is 1.85. The maximum absolute atomic E-state index is 12.3. The number of nitrogens with zero attached hydrogens (tertiary/aromatic N) is 2. The molecule has 6 nitrogen and oxygen atoms in total. The highest BCUT2D eigenvalue weighted by atomic mass is 16.6. The topological polar surface area (TPSA) is 77.2 Å². The van der Waals surface area contributed by atoms with Gasteiger partial charge in [0.15, 0.2) is 6.61 Å². The molecule has 0 aliphatic heterocycles. The Morgan fingerprint density at radius 2 is 1.69 bits per heavy atom. The van der Waals surface area contributed by atoms with Crippen molar-refractivity contribution in [3.8, 4) is 17.5 Å². The van der Waals surface area contributed by atoms with Gasteiger partial charge in [0.1, 0.15) is 0 Å². The standard InChI is InChI=1S/C20H21N3O3/c1-14(2)18(15-9-5-3-6-10-15)21-17(24)13-25-20-23-22-19(26-20)16-11-7-4-8-12-16/h3-12,14,18H,13H2,1-2H3,(H,21,24). The first-order chi connectivity index (χ1) is 12.6. The van der Waals surface area contributed by atoms with Crippen molar-refractivity contribution in [3.63, 3.8) is 0 Å². The first-order valence-electron chi connectivity index (χ1n) is 8.49. The Morgan fingerprint density at radius 1 is 1.04 bits per heavy atom. The van der Waals surface area contributed by atoms with Crippen molar-refractivity contribution < 1.29 is 13.9 Å². The zero-order valence-corrected chi connectivity index (χ0v) is 14.8. The van der Waals surface area contributed by atoms with Crippen molar-refractivity contribution in [1.82, 2.24) is 15.5 Å². The lowest BCUT2D eigenvalue weighted by Crippen LogP contribution is -2.35. The van der Waals surface area contributed by atoms with Gasteiger partial charge in [-0.15, -0.1) is 5.10 Å². The van der Waals surface area contributed by atoms with Gasteiger partial charge in [-0.1, -0.05) is 67.5 Å². The van der Waals surface area contributed by atoms with Gasteiger partial charge in [0.05, 0.1) is 6.04 Å². The molecule has 0 saturated carbocycles. The lowest BCUT2D eigenvalue weighted by Gasteiger charge is -2.22. The molecule has 0 aliphatic rings. The van der Waals surface area contributed by atoms with Gasteiger partial charge >= 0.3 is 6.08 Å². The van der Waals surface area contributed by atoms with E-state index in [1.165, 1.54) is 0 Å². The van der Waals surface area contributed by atoms with Crippen molar-refractivity contribution in [1.29, 1.82) is 0 Å². The summed E-state index contributed by atoms with van der Waals surface area (Å²) in [6, 6.07) is 19.1. The number of aromatic nitrogens is 2. The third-order valence-corrected chi connectivity index (χ3v) is 3.90. The summed E-state index contributed by atoms with van der Waals surface area (Å²) in [6.45, 7) is 3.93. The van der Waals surface area contributed by atoms with E-state index in [2.05, 4.69) is 29.4 Å². The summed E-state index contributed by atoms with van der Waals surface area (Å²) in [4.78, 5) is 12.3. The van der Waals surface area contributed by atoms with Crippen LogP contribution in [0, 0.1) is 5.92 Å². The molecular formula is C20H21N3O3. The minimum Gasteiger partial charge on any atom is -0.439 e. The molecule has 0 saturated heterocycles. The Balaban J connectivity index is 1.58. The molecule has 0 fully saturated rings. The number of amides is 1. The summed E-state index contributed by atoms with van der Waals surface area (Å²) in [5, 5.41) is 10.7. The predicted octanol–water partition coefficient (Wildman–Crippen LogP) is 3.63. The number of hydrogen-bond donors (Lipinski definition) is 1. The lowest BCUT2D eigenvalue weighted by atomic mass is 9.96. The molecule has 0 bridgehead atoms. The molecule has 1 N–H and O–H groups in total. The molecule has 3 rings (SSSR count). The Labute approximate surface area is 152 Å². The van der Waals surface area contributed by atoms with E-state index in [0.717, 1.165) is 11.1 Å². The van der Waals surface area contributed by atoms with E-state index in [1.807, 2.05) is 60.7 Å². The molecule has 2 aromatic carbocycles. The zero-order chi connectivity index (χ0) is 18.4. The van der Waals surface area contributed by atoms with Gasteiger partial charge in [-0.2, -0.15) is 0 Å². The van der Waals surface area contributed by atoms with Crippen molar-refractivity contribution in [3.05, 3.63) is 66.2 Å². The van der Waals surface area contributed by atoms with Gasteiger partial charge in [-0.05, 0) is 23.6 Å². The minimum atomic E-state index is -0.244. The summed E-state index contributed by atoms with van der Waals surface area (Å²) < 4.78 is 10.8. The quantitative estimate of drug-likeness (QED) is 0.703. The first-order valence-corrected chi connectivity index (χ1v) is 8.49. The van der Waals surface area contributed by atoms with Gasteiger partial charge in [-0.25, -0.2) is 0 Å². The van der Waals surface area contributed by atoms with Crippen LogP contribution in [-0.4, -0.2) is 22.7 Å². The Bertz CT molecular complexity index is 832. The van der Waals surface area contributed by atoms with Crippen LogP contribution in [0.15, 0.2) is 65.1 Å². The second-order valence-corrected chi connectivity index (χ2v) is 6.23. The van der Waals surface area contributed by atoms with E-state index < -0.39 is 0 Å². The van der Waals surface area contributed by atoms with E-state index in [4.69, 9.17) is 9.15 Å². The van der Waals surface area contributed by atoms with E-state index >= 15 is 0 Å². The number of hydrogen-bond acceptors (Lipinski definition) is 5. The molecule has 1 atom stereocenters. The predicted molar refractivity (Wildman–Crippen MR) is 97.4 cm³/mol. The number of rotatable bonds is 7. The second kappa shape index (κ2) is 8.29. The largest absolute Gasteiger partial charge is 0.439 e. The highest BCUT2D eigenvalue weighted by Crippen LogP contribution is 2.22. The third kappa shape index (κ3) is 4.47. The van der Waals surface area contributed by atoms with Gasteiger partial charge in [-0.3, -0.25) is 4.79 Å². The number of ether oxygens (including phenoxy) is 1. The van der Waals surface area contributed by atoms with Crippen LogP contribution < -0.4 is 10.1 Å². The summed E-state index contributed by atoms with van der Waals surface area (Å²) in [7, 11) is 0. The van der Waals surface area contributed by atoms with Gasteiger partial charge in [0.25, 0.3) is 11.8 Å². The van der Waals surface area contributed by atoms with E-state index in [0.29, 0.717) is 5.89 Å². The fourth-order valence-corrected chi connectivity index (χ4v) is 2.60. The molecule has 0 radical (unpaired) electrons. The van der Waals surface area contributed by atoms with Crippen LogP contribution in [0.25, 0.3) is 11.5 Å². The lowest BCUT2D eigenvalue weighted by molar-refractivity contribution is -0.124. The van der Waals surface area contributed by atoms with Crippen LogP contribution in [0.5, 0.6) is 6.08 Å². The molecule has 1 heterocycles. The van der Waals surface area contributed by atoms with Gasteiger partial charge in [0, 0.05) is 5.56 Å². The summed E-state index contributed by atoms with van der Waals surface area (Å²) in [6.07, 6.45) is -0.0280. The smallest absolute Gasteiger partial charge is 0.415 e. The molecule has 1 aromatic heterocycles. The van der Waals surface area contributed by atoms with Gasteiger partial charge < -0.3 is 14.5 Å². The molecule has 0 aliphatic carbocycles. The maximum Gasteiger partial charge on any atom is 0.415 e. The fourth-order valence-electron chi connectivity index (χ4n) is 2.60. The monoisotopic (exact) mass is 351 g/mol. The number of nitrogens with one attached hydrogen (secondary N) is 1. The highest BCUT2D eigenvalue weighted by molar-refractivity contribution is 5.78. The molecule has 6 heteroatoms. The van der Waals surface area contributed by atoms with E-state index in [9.17, 15) is 4.79 Å². The molecular weight excluding hydrogens is 330 g/mol. The number of benzene rings is 2. The van der Waals surface area contributed by atoms with Crippen LogP contribution >= 0.6 is 0 Å². The SMILES string of the molecule is CC(C)C(NC(=O)COc1nnc(-c2ccccc2)o1)c1ccccc1. The third-order valence-electron chi connectivity index (χ3n) is 3.90. The molecule has 0 spiro atoms. The maximum atomic E-state index is 12.3. The molecule has 1 amide bonds. The van der Waals surface area contributed by atoms with Crippen molar-refractivity contribution >= 4 is 5.91 Å². The van der Waals surface area contributed by atoms with Crippen LogP contribution in [0.3, 0.4) is 0 Å². The van der Waals surface area contributed by atoms with Crippen LogP contribution in [0.4, 0.5) is 0 Å². The normalized spacial score (nSPS) is 12.0. The Morgan fingerprint density at radius 3 is 2.35 bits per heavy atom. The number of carbonyl (C=O) groups excluding carboxylic acids is 1. The zero-order valence-electron chi connectivity index (χ0n) is 14.8. The van der Waals surface area contributed by atoms with Crippen molar-refractivity contribution in [2.45, 2.75) is 19.9 Å². The van der Waals surface area contributed by atoms with Crippen LogP contribution in [0.2, 0.25) is 0 Å². The Kier molecular flexibility index (Phi) is 5.63. The molecule has 3 aromatic rings. The highest BCUT2D eigenvalue weighted by Gasteiger charge is 2.19. The number of carbonyl (C=O) groups is 1. The average Bonchev–Trinajstić information content (AvgIpc) is 3.15. The Hall–Kier alpha value is -3.15. The van der Waals surface area contributed by atoms with Crippen molar-refractivity contribution in [2.24, 2.45) is 5.92 Å². The van der Waals surface area contributed by atoms with E-state index in [-0.39, 0.29) is 30.6 Å². The van der Waals surface area contributed by atoms with Crippen molar-refractivity contribution in [2.75, 3.05) is 6.61 Å². The van der Waals surface area contributed by atoms with Crippen LogP contribution in [0.1, 0.15) is 25.5 Å². The second-order valence-electron chi connectivity index (χ2n) is 6.23. The first kappa shape index (κ1) is 17.7. The molecule has 134 valence electrons. The fraction of sp³-hybridized carbons (Fsp3) is 0.250. The minimum absolute atomic E-state index is 0.0280. The summed E-state index contributed by atoms with van der Waals surface area (Å²) in [5.74, 6) is 0.354. The molecule has 1 unspecified atom stereocenters. The van der Waals surface area contributed by atoms with Gasteiger partial charge in [0.2, 0.25) is 0 Å².